The van der Waals surface area contributed by atoms with Gasteiger partial charge in [-0.2, -0.15) is 0 Å². The predicted octanol–water partition coefficient (Wildman–Crippen LogP) is 0.103. The molecule has 1 saturated heterocycles. The topological polar surface area (TPSA) is 117 Å². The number of carbonyl (C=O) groups is 4. The summed E-state index contributed by atoms with van der Waals surface area (Å²) in [7, 11) is 1.50. The van der Waals surface area contributed by atoms with Crippen molar-refractivity contribution in [1.82, 2.24) is 20.9 Å². The summed E-state index contributed by atoms with van der Waals surface area (Å²) in [5, 5.41) is 7.64. The first-order valence-electron chi connectivity index (χ1n) is 8.52. The molecule has 146 valence electrons. The molecule has 0 radical (unpaired) electrons. The smallest absolute Gasteiger partial charge is 0.325 e. The minimum atomic E-state index is -1.30. The number of methoxy groups -OCH3 is 1. The van der Waals surface area contributed by atoms with Crippen LogP contribution in [0.2, 0.25) is 0 Å². The van der Waals surface area contributed by atoms with Gasteiger partial charge in [0.1, 0.15) is 17.8 Å². The summed E-state index contributed by atoms with van der Waals surface area (Å²) in [6.07, 6.45) is 0. The number of hydrogen-bond acceptors (Lipinski definition) is 5. The Morgan fingerprint density at radius 2 is 1.96 bits per heavy atom. The molecule has 5 amide bonds. The second-order valence-electron chi connectivity index (χ2n) is 6.68. The maximum atomic E-state index is 12.8. The second kappa shape index (κ2) is 8.07. The Kier molecular flexibility index (Phi) is 6.04. The first-order chi connectivity index (χ1) is 12.7. The molecule has 0 aromatic heterocycles. The highest BCUT2D eigenvalue weighted by Gasteiger charge is 2.49. The molecule has 1 aromatic rings. The molecule has 1 aliphatic rings. The zero-order valence-electron chi connectivity index (χ0n) is 15.8. The van der Waals surface area contributed by atoms with Gasteiger partial charge in [-0.05, 0) is 38.5 Å². The molecule has 0 spiro atoms. The van der Waals surface area contributed by atoms with Gasteiger partial charge < -0.3 is 20.7 Å². The molecule has 1 atom stereocenters. The number of imide groups is 1. The Bertz CT molecular complexity index is 764. The third-order valence-electron chi connectivity index (χ3n) is 4.12. The van der Waals surface area contributed by atoms with Gasteiger partial charge >= 0.3 is 6.03 Å². The van der Waals surface area contributed by atoms with E-state index >= 15 is 0 Å². The van der Waals surface area contributed by atoms with Gasteiger partial charge in [-0.25, -0.2) is 4.79 Å². The minimum absolute atomic E-state index is 0.0519. The molecule has 3 N–H and O–H groups in total. The molecule has 1 aromatic carbocycles. The van der Waals surface area contributed by atoms with E-state index in [1.807, 2.05) is 0 Å². The van der Waals surface area contributed by atoms with E-state index in [-0.39, 0.29) is 18.5 Å². The van der Waals surface area contributed by atoms with Crippen molar-refractivity contribution in [3.63, 3.8) is 0 Å². The number of hydrogen-bond donors (Lipinski definition) is 3. The van der Waals surface area contributed by atoms with Crippen LogP contribution in [0.4, 0.5) is 4.79 Å². The van der Waals surface area contributed by atoms with Crippen molar-refractivity contribution in [3.05, 3.63) is 29.8 Å². The number of rotatable bonds is 7. The Balaban J connectivity index is 2.05. The Hall–Kier alpha value is -3.10. The van der Waals surface area contributed by atoms with Crippen LogP contribution >= 0.6 is 0 Å². The minimum Gasteiger partial charge on any atom is -0.497 e. The summed E-state index contributed by atoms with van der Waals surface area (Å²) in [6.45, 7) is 4.46. The van der Waals surface area contributed by atoms with E-state index in [9.17, 15) is 19.2 Å². The fraction of sp³-hybridized carbons (Fsp3) is 0.444. The third kappa shape index (κ3) is 4.55. The van der Waals surface area contributed by atoms with E-state index in [2.05, 4.69) is 16.0 Å². The SMILES string of the molecule is COc1cccc([C@]2(C)NC(=O)N(CC(=O)NCC(=O)NC(C)C)C2=O)c1. The first-order valence-corrected chi connectivity index (χ1v) is 8.52. The molecule has 0 saturated carbocycles. The van der Waals surface area contributed by atoms with Crippen molar-refractivity contribution in [3.8, 4) is 5.75 Å². The van der Waals surface area contributed by atoms with Crippen molar-refractivity contribution in [2.45, 2.75) is 32.4 Å². The number of amides is 5. The van der Waals surface area contributed by atoms with Crippen LogP contribution in [0, 0.1) is 0 Å². The molecule has 1 heterocycles. The maximum absolute atomic E-state index is 12.8. The van der Waals surface area contributed by atoms with Crippen LogP contribution in [0.25, 0.3) is 0 Å². The number of nitrogens with one attached hydrogen (secondary N) is 3. The second-order valence-corrected chi connectivity index (χ2v) is 6.68. The van der Waals surface area contributed by atoms with Crippen molar-refractivity contribution in [2.24, 2.45) is 0 Å². The molecule has 0 unspecified atom stereocenters. The van der Waals surface area contributed by atoms with Crippen molar-refractivity contribution >= 4 is 23.8 Å². The standard InChI is InChI=1S/C18H24N4O5/c1-11(2)20-14(23)9-19-15(24)10-22-16(25)18(3,21-17(22)26)12-6-5-7-13(8-12)27-4/h5-8,11H,9-10H2,1-4H3,(H,19,24)(H,20,23)(H,21,26)/t18-/m0/s1. The summed E-state index contributed by atoms with van der Waals surface area (Å²) in [5.41, 5.74) is -0.764. The van der Waals surface area contributed by atoms with E-state index in [1.54, 1.807) is 45.0 Å². The van der Waals surface area contributed by atoms with Gasteiger partial charge in [-0.15, -0.1) is 0 Å². The molecule has 9 heteroatoms. The fourth-order valence-corrected chi connectivity index (χ4v) is 2.72. The lowest BCUT2D eigenvalue weighted by Gasteiger charge is -2.22. The zero-order chi connectivity index (χ0) is 20.2. The molecule has 2 rings (SSSR count). The normalized spacial score (nSPS) is 19.1. The summed E-state index contributed by atoms with van der Waals surface area (Å²) in [5.74, 6) is -0.963. The van der Waals surface area contributed by atoms with Crippen molar-refractivity contribution < 1.29 is 23.9 Å². The molecule has 27 heavy (non-hydrogen) atoms. The van der Waals surface area contributed by atoms with Crippen LogP contribution in [0.15, 0.2) is 24.3 Å². The highest BCUT2D eigenvalue weighted by molar-refractivity contribution is 6.09. The number of ether oxygens (including phenoxy) is 1. The van der Waals surface area contributed by atoms with Gasteiger partial charge in [0.05, 0.1) is 13.7 Å². The Morgan fingerprint density at radius 1 is 1.26 bits per heavy atom. The van der Waals surface area contributed by atoms with Gasteiger partial charge in [0.2, 0.25) is 11.8 Å². The van der Waals surface area contributed by atoms with Gasteiger partial charge in [-0.3, -0.25) is 19.3 Å². The van der Waals surface area contributed by atoms with E-state index in [0.717, 1.165) is 4.90 Å². The molecular formula is C18H24N4O5. The fourth-order valence-electron chi connectivity index (χ4n) is 2.72. The van der Waals surface area contributed by atoms with Gasteiger partial charge in [0.15, 0.2) is 0 Å². The van der Waals surface area contributed by atoms with Crippen LogP contribution in [0.1, 0.15) is 26.3 Å². The number of carbonyl (C=O) groups excluding carboxylic acids is 4. The van der Waals surface area contributed by atoms with Gasteiger partial charge in [-0.1, -0.05) is 12.1 Å². The van der Waals surface area contributed by atoms with Crippen molar-refractivity contribution in [2.75, 3.05) is 20.2 Å². The van der Waals surface area contributed by atoms with Gasteiger partial charge in [0, 0.05) is 6.04 Å². The third-order valence-corrected chi connectivity index (χ3v) is 4.12. The van der Waals surface area contributed by atoms with E-state index in [0.29, 0.717) is 11.3 Å². The van der Waals surface area contributed by atoms with E-state index in [4.69, 9.17) is 4.74 Å². The largest absolute Gasteiger partial charge is 0.497 e. The lowest BCUT2D eigenvalue weighted by atomic mass is 9.92. The molecule has 0 bridgehead atoms. The highest BCUT2D eigenvalue weighted by atomic mass is 16.5. The van der Waals surface area contributed by atoms with E-state index < -0.39 is 29.9 Å². The predicted molar refractivity (Wildman–Crippen MR) is 96.9 cm³/mol. The summed E-state index contributed by atoms with van der Waals surface area (Å²) < 4.78 is 5.16. The zero-order valence-corrected chi connectivity index (χ0v) is 15.8. The molecule has 9 nitrogen and oxygen atoms in total. The monoisotopic (exact) mass is 376 g/mol. The highest BCUT2D eigenvalue weighted by Crippen LogP contribution is 2.30. The van der Waals surface area contributed by atoms with Crippen LogP contribution in [-0.2, 0) is 19.9 Å². The lowest BCUT2D eigenvalue weighted by molar-refractivity contribution is -0.135. The van der Waals surface area contributed by atoms with Crippen molar-refractivity contribution in [1.29, 1.82) is 0 Å². The molecule has 1 fully saturated rings. The average Bonchev–Trinajstić information content (AvgIpc) is 2.83. The van der Waals surface area contributed by atoms with E-state index in [1.165, 1.54) is 7.11 Å². The Morgan fingerprint density at radius 3 is 2.59 bits per heavy atom. The summed E-state index contributed by atoms with van der Waals surface area (Å²) in [4.78, 5) is 49.5. The average molecular weight is 376 g/mol. The summed E-state index contributed by atoms with van der Waals surface area (Å²) in [6, 6.07) is 6.05. The lowest BCUT2D eigenvalue weighted by Crippen LogP contribution is -2.45. The molecule has 0 aliphatic carbocycles. The van der Waals surface area contributed by atoms with Crippen LogP contribution in [-0.4, -0.2) is 54.9 Å². The number of benzene rings is 1. The molecule has 1 aliphatic heterocycles. The quantitative estimate of drug-likeness (QED) is 0.584. The van der Waals surface area contributed by atoms with Gasteiger partial charge in [0.25, 0.3) is 5.91 Å². The van der Waals surface area contributed by atoms with Crippen LogP contribution < -0.4 is 20.7 Å². The van der Waals surface area contributed by atoms with Crippen LogP contribution in [0.5, 0.6) is 5.75 Å². The number of urea groups is 1. The molecular weight excluding hydrogens is 352 g/mol. The Labute approximate surface area is 157 Å². The maximum Gasteiger partial charge on any atom is 0.325 e. The number of nitrogens with zero attached hydrogens (tertiary/aromatic N) is 1. The first kappa shape index (κ1) is 20.2. The summed E-state index contributed by atoms with van der Waals surface area (Å²) >= 11 is 0. The van der Waals surface area contributed by atoms with Crippen LogP contribution in [0.3, 0.4) is 0 Å².